The van der Waals surface area contributed by atoms with Gasteiger partial charge in [-0.25, -0.2) is 4.98 Å². The van der Waals surface area contributed by atoms with E-state index in [2.05, 4.69) is 31.5 Å². The first-order valence-corrected chi connectivity index (χ1v) is 7.10. The number of benzene rings is 1. The number of nitrogens with zero attached hydrogens (tertiary/aromatic N) is 1. The molecule has 0 aliphatic carbocycles. The van der Waals surface area contributed by atoms with Crippen LogP contribution in [0, 0.1) is 0 Å². The molecule has 0 spiro atoms. The van der Waals surface area contributed by atoms with Gasteiger partial charge in [0.25, 0.3) is 0 Å². The Hall–Kier alpha value is -1.88. The molecule has 0 saturated heterocycles. The predicted octanol–water partition coefficient (Wildman–Crippen LogP) is 3.98. The van der Waals surface area contributed by atoms with Crippen LogP contribution in [0.4, 0.5) is 11.5 Å². The van der Waals surface area contributed by atoms with Crippen LogP contribution in [0.5, 0.6) is 0 Å². The van der Waals surface area contributed by atoms with Crippen molar-refractivity contribution < 1.29 is 4.79 Å². The second-order valence-corrected chi connectivity index (χ2v) is 5.36. The normalized spacial score (nSPS) is 11.8. The Morgan fingerprint density at radius 1 is 1.30 bits per heavy atom. The SMILES string of the molecule is CC(=O)Nc1cccc(C(C)Nc2ncccc2Br)c1. The highest BCUT2D eigenvalue weighted by molar-refractivity contribution is 9.10. The zero-order valence-corrected chi connectivity index (χ0v) is 12.9. The Kier molecular flexibility index (Phi) is 4.74. The summed E-state index contributed by atoms with van der Waals surface area (Å²) < 4.78 is 0.921. The summed E-state index contributed by atoms with van der Waals surface area (Å²) in [6.45, 7) is 3.55. The second-order valence-electron chi connectivity index (χ2n) is 4.51. The van der Waals surface area contributed by atoms with Gasteiger partial charge in [-0.15, -0.1) is 0 Å². The first-order chi connectivity index (χ1) is 9.56. The van der Waals surface area contributed by atoms with Gasteiger partial charge >= 0.3 is 0 Å². The van der Waals surface area contributed by atoms with Crippen molar-refractivity contribution in [2.75, 3.05) is 10.6 Å². The van der Waals surface area contributed by atoms with Crippen molar-refractivity contribution in [3.05, 3.63) is 52.6 Å². The largest absolute Gasteiger partial charge is 0.363 e. The van der Waals surface area contributed by atoms with E-state index in [0.29, 0.717) is 0 Å². The number of rotatable bonds is 4. The average molecular weight is 334 g/mol. The van der Waals surface area contributed by atoms with E-state index in [0.717, 1.165) is 21.5 Å². The molecular formula is C15H16BrN3O. The van der Waals surface area contributed by atoms with Crippen LogP contribution >= 0.6 is 15.9 Å². The van der Waals surface area contributed by atoms with Gasteiger partial charge in [0.2, 0.25) is 5.91 Å². The molecule has 2 N–H and O–H groups in total. The van der Waals surface area contributed by atoms with Crippen LogP contribution in [-0.2, 0) is 4.79 Å². The average Bonchev–Trinajstić information content (AvgIpc) is 2.41. The topological polar surface area (TPSA) is 54.0 Å². The second kappa shape index (κ2) is 6.52. The third-order valence-corrected chi connectivity index (χ3v) is 3.46. The highest BCUT2D eigenvalue weighted by Gasteiger charge is 2.09. The quantitative estimate of drug-likeness (QED) is 0.889. The Labute approximate surface area is 126 Å². The number of amides is 1. The first-order valence-electron chi connectivity index (χ1n) is 6.31. The highest BCUT2D eigenvalue weighted by atomic mass is 79.9. The van der Waals surface area contributed by atoms with E-state index in [1.807, 2.05) is 43.3 Å². The first kappa shape index (κ1) is 14.5. The Morgan fingerprint density at radius 2 is 2.10 bits per heavy atom. The van der Waals surface area contributed by atoms with Gasteiger partial charge in [0.1, 0.15) is 5.82 Å². The number of aromatic nitrogens is 1. The minimum absolute atomic E-state index is 0.0739. The van der Waals surface area contributed by atoms with Crippen LogP contribution in [0.25, 0.3) is 0 Å². The van der Waals surface area contributed by atoms with Crippen molar-refractivity contribution in [3.63, 3.8) is 0 Å². The Bertz CT molecular complexity index is 616. The molecule has 1 unspecified atom stereocenters. The van der Waals surface area contributed by atoms with E-state index in [1.54, 1.807) is 6.20 Å². The van der Waals surface area contributed by atoms with E-state index >= 15 is 0 Å². The van der Waals surface area contributed by atoms with E-state index in [1.165, 1.54) is 6.92 Å². The van der Waals surface area contributed by atoms with Crippen LogP contribution in [0.1, 0.15) is 25.5 Å². The Morgan fingerprint density at radius 3 is 2.80 bits per heavy atom. The molecule has 0 aliphatic rings. The van der Waals surface area contributed by atoms with Gasteiger partial charge in [-0.05, 0) is 52.7 Å². The van der Waals surface area contributed by atoms with Gasteiger partial charge in [0, 0.05) is 18.8 Å². The molecule has 4 nitrogen and oxygen atoms in total. The van der Waals surface area contributed by atoms with Crippen LogP contribution in [0.15, 0.2) is 47.1 Å². The maximum absolute atomic E-state index is 11.1. The molecule has 1 heterocycles. The summed E-state index contributed by atoms with van der Waals surface area (Å²) in [5.74, 6) is 0.722. The van der Waals surface area contributed by atoms with E-state index in [4.69, 9.17) is 0 Å². The fraction of sp³-hybridized carbons (Fsp3) is 0.200. The van der Waals surface area contributed by atoms with Crippen LogP contribution in [0.3, 0.4) is 0 Å². The summed E-state index contributed by atoms with van der Waals surface area (Å²) in [5.41, 5.74) is 1.87. The van der Waals surface area contributed by atoms with Gasteiger partial charge in [-0.3, -0.25) is 4.79 Å². The van der Waals surface area contributed by atoms with Crippen molar-refractivity contribution in [1.29, 1.82) is 0 Å². The van der Waals surface area contributed by atoms with Crippen molar-refractivity contribution in [2.45, 2.75) is 19.9 Å². The van der Waals surface area contributed by atoms with Gasteiger partial charge in [-0.1, -0.05) is 12.1 Å². The molecule has 2 aromatic rings. The molecule has 1 aromatic heterocycles. The van der Waals surface area contributed by atoms with Crippen molar-refractivity contribution in [1.82, 2.24) is 4.98 Å². The maximum Gasteiger partial charge on any atom is 0.221 e. The monoisotopic (exact) mass is 333 g/mol. The summed E-state index contributed by atoms with van der Waals surface area (Å²) in [4.78, 5) is 15.4. The summed E-state index contributed by atoms with van der Waals surface area (Å²) in [6, 6.07) is 11.7. The lowest BCUT2D eigenvalue weighted by atomic mass is 10.1. The summed E-state index contributed by atoms with van der Waals surface area (Å²) in [7, 11) is 0. The molecule has 0 bridgehead atoms. The molecule has 5 heteroatoms. The zero-order valence-electron chi connectivity index (χ0n) is 11.4. The maximum atomic E-state index is 11.1. The number of hydrogen-bond acceptors (Lipinski definition) is 3. The van der Waals surface area contributed by atoms with Crippen molar-refractivity contribution >= 4 is 33.3 Å². The fourth-order valence-corrected chi connectivity index (χ4v) is 2.24. The number of nitrogens with one attached hydrogen (secondary N) is 2. The van der Waals surface area contributed by atoms with Crippen LogP contribution in [-0.4, -0.2) is 10.9 Å². The summed E-state index contributed by atoms with van der Waals surface area (Å²) in [6.07, 6.45) is 1.74. The van der Waals surface area contributed by atoms with Crippen molar-refractivity contribution in [3.8, 4) is 0 Å². The zero-order chi connectivity index (χ0) is 14.5. The lowest BCUT2D eigenvalue weighted by Gasteiger charge is -2.16. The molecule has 20 heavy (non-hydrogen) atoms. The smallest absolute Gasteiger partial charge is 0.221 e. The molecule has 1 atom stereocenters. The molecule has 2 rings (SSSR count). The van der Waals surface area contributed by atoms with Gasteiger partial charge < -0.3 is 10.6 Å². The number of carbonyl (C=O) groups excluding carboxylic acids is 1. The van der Waals surface area contributed by atoms with Crippen LogP contribution in [0.2, 0.25) is 0 Å². The molecule has 0 aliphatic heterocycles. The third kappa shape index (κ3) is 3.81. The lowest BCUT2D eigenvalue weighted by molar-refractivity contribution is -0.114. The van der Waals surface area contributed by atoms with E-state index in [-0.39, 0.29) is 11.9 Å². The minimum atomic E-state index is -0.0739. The van der Waals surface area contributed by atoms with Gasteiger partial charge in [0.05, 0.1) is 10.5 Å². The molecule has 1 amide bonds. The number of pyridine rings is 1. The molecule has 0 radical (unpaired) electrons. The number of anilines is 2. The van der Waals surface area contributed by atoms with Gasteiger partial charge in [0.15, 0.2) is 0 Å². The number of halogens is 1. The number of hydrogen-bond donors (Lipinski definition) is 2. The predicted molar refractivity (Wildman–Crippen MR) is 84.7 cm³/mol. The van der Waals surface area contributed by atoms with Gasteiger partial charge in [-0.2, -0.15) is 0 Å². The van der Waals surface area contributed by atoms with E-state index in [9.17, 15) is 4.79 Å². The molecular weight excluding hydrogens is 318 g/mol. The standard InChI is InChI=1S/C15H16BrN3O/c1-10(18-15-14(16)7-4-8-17-15)12-5-3-6-13(9-12)19-11(2)20/h3-10H,1-2H3,(H,17,18)(H,19,20). The summed E-state index contributed by atoms with van der Waals surface area (Å²) >= 11 is 3.46. The third-order valence-electron chi connectivity index (χ3n) is 2.82. The molecule has 1 aromatic carbocycles. The van der Waals surface area contributed by atoms with Crippen molar-refractivity contribution in [2.24, 2.45) is 0 Å². The van der Waals surface area contributed by atoms with E-state index < -0.39 is 0 Å². The molecule has 0 saturated carbocycles. The molecule has 0 fully saturated rings. The van der Waals surface area contributed by atoms with Crippen LogP contribution < -0.4 is 10.6 Å². The minimum Gasteiger partial charge on any atom is -0.363 e. The Balaban J connectivity index is 2.15. The molecule has 104 valence electrons. The highest BCUT2D eigenvalue weighted by Crippen LogP contribution is 2.25. The lowest BCUT2D eigenvalue weighted by Crippen LogP contribution is -2.10. The summed E-state index contributed by atoms with van der Waals surface area (Å²) in [5, 5.41) is 6.12. The fourth-order valence-electron chi connectivity index (χ4n) is 1.87. The number of carbonyl (C=O) groups is 1.